The number of thiol groups is 1. The molecule has 0 saturated carbocycles. The molecule has 2 unspecified atom stereocenters. The van der Waals surface area contributed by atoms with Crippen LogP contribution in [0.15, 0.2) is 22.2 Å². The van der Waals surface area contributed by atoms with Gasteiger partial charge in [-0.2, -0.15) is 9.67 Å². The van der Waals surface area contributed by atoms with Gasteiger partial charge in [-0.1, -0.05) is 5.21 Å². The Morgan fingerprint density at radius 3 is 2.67 bits per heavy atom. The number of aliphatic hydroxyl groups excluding tert-OH is 2. The highest BCUT2D eigenvalue weighted by Gasteiger charge is 2.53. The number of nitrogens with two attached hydrogens (primary N) is 1. The molecule has 0 bridgehead atoms. The van der Waals surface area contributed by atoms with Crippen molar-refractivity contribution in [2.24, 2.45) is 0 Å². The van der Waals surface area contributed by atoms with E-state index in [1.807, 2.05) is 0 Å². The third-order valence-electron chi connectivity index (χ3n) is 6.86. The van der Waals surface area contributed by atoms with E-state index < -0.39 is 87.4 Å². The van der Waals surface area contributed by atoms with Crippen molar-refractivity contribution >= 4 is 66.3 Å². The van der Waals surface area contributed by atoms with Crippen LogP contribution in [0, 0.1) is 0 Å². The largest absolute Gasteiger partial charge is 0.582 e. The van der Waals surface area contributed by atoms with Gasteiger partial charge in [-0.3, -0.25) is 23.7 Å². The van der Waals surface area contributed by atoms with E-state index in [9.17, 15) is 29.3 Å². The van der Waals surface area contributed by atoms with Crippen molar-refractivity contribution in [3.05, 3.63) is 33.4 Å². The third-order valence-corrected chi connectivity index (χ3v) is 9.13. The molecule has 0 aromatic carbocycles. The molecular weight excluding hydrogens is 689 g/mol. The summed E-state index contributed by atoms with van der Waals surface area (Å²) >= 11 is 8.82. The number of aromatic amines is 2. The van der Waals surface area contributed by atoms with Gasteiger partial charge in [0, 0.05) is 0 Å². The second-order valence-corrected chi connectivity index (χ2v) is 14.1. The first-order valence-electron chi connectivity index (χ1n) is 12.6. The highest BCUT2D eigenvalue weighted by Crippen LogP contribution is 2.51. The smallest absolute Gasteiger partial charge is 0.394 e. The number of ether oxygens (including phenoxy) is 2. The van der Waals surface area contributed by atoms with Gasteiger partial charge in [0.15, 0.2) is 47.1 Å². The van der Waals surface area contributed by atoms with Crippen LogP contribution in [0.25, 0.3) is 22.3 Å². The quantitative estimate of drug-likeness (QED) is 0.0713. The summed E-state index contributed by atoms with van der Waals surface area (Å²) in [6, 6.07) is 0. The van der Waals surface area contributed by atoms with E-state index in [4.69, 9.17) is 40.6 Å². The zero-order valence-electron chi connectivity index (χ0n) is 22.1. The Hall–Kier alpha value is -2.86. The molecule has 2 aliphatic rings. The molecule has 10 atom stereocenters. The topological polar surface area (TPSA) is 290 Å². The fourth-order valence-corrected chi connectivity index (χ4v) is 7.09. The molecule has 0 spiro atoms. The molecule has 0 amide bonds. The molecule has 21 nitrogen and oxygen atoms in total. The molecule has 4 aromatic rings. The maximum atomic E-state index is 15.6. The van der Waals surface area contributed by atoms with Gasteiger partial charge >= 0.3 is 13.9 Å². The molecule has 4 aromatic heterocycles. The van der Waals surface area contributed by atoms with Crippen LogP contribution in [-0.4, -0.2) is 109 Å². The second kappa shape index (κ2) is 12.4. The van der Waals surface area contributed by atoms with Crippen LogP contribution < -0.4 is 16.9 Å². The van der Waals surface area contributed by atoms with Gasteiger partial charge in [0.1, 0.15) is 36.7 Å². The fraction of sp³-hybridized carbons (Fsp3) is 0.526. The number of fused-ring (bicyclic) bond motifs is 2. The first kappa shape index (κ1) is 32.1. The lowest BCUT2D eigenvalue weighted by molar-refractivity contribution is -0.0562. The number of nitrogens with one attached hydrogen (secondary N) is 2. The van der Waals surface area contributed by atoms with Gasteiger partial charge < -0.3 is 39.8 Å². The van der Waals surface area contributed by atoms with Crippen LogP contribution in [0.2, 0.25) is 0 Å². The van der Waals surface area contributed by atoms with Crippen molar-refractivity contribution in [3.63, 3.8) is 0 Å². The average molecular weight is 712 g/mol. The summed E-state index contributed by atoms with van der Waals surface area (Å²) in [5.74, 6) is -0.248. The Kier molecular flexibility index (Phi) is 8.84. The molecule has 2 saturated heterocycles. The van der Waals surface area contributed by atoms with Crippen LogP contribution >= 0.6 is 26.2 Å². The number of alkyl halides is 1. The minimum absolute atomic E-state index is 0.0647. The number of hydrogen-bond acceptors (Lipinski definition) is 17. The number of rotatable bonds is 10. The van der Waals surface area contributed by atoms with Gasteiger partial charge in [-0.05, 0) is 16.4 Å². The Balaban J connectivity index is 1.23. The lowest BCUT2D eigenvalue weighted by atomic mass is 10.1. The Morgan fingerprint density at radius 2 is 1.93 bits per heavy atom. The number of anilines is 1. The van der Waals surface area contributed by atoms with Crippen molar-refractivity contribution in [3.8, 4) is 0 Å². The molecule has 6 heterocycles. The summed E-state index contributed by atoms with van der Waals surface area (Å²) in [6.45, 7) is -5.75. The highest BCUT2D eigenvalue weighted by molar-refractivity contribution is 8.39. The van der Waals surface area contributed by atoms with Crippen molar-refractivity contribution in [1.29, 1.82) is 0 Å². The molecular formula is C19H22FN10O11P2S2+. The fourth-order valence-electron chi connectivity index (χ4n) is 4.89. The first-order valence-corrected chi connectivity index (χ1v) is 17.5. The first-order chi connectivity index (χ1) is 21.4. The van der Waals surface area contributed by atoms with Gasteiger partial charge in [0.25, 0.3) is 11.1 Å². The number of imidazole rings is 1. The van der Waals surface area contributed by atoms with E-state index in [0.717, 1.165) is 17.3 Å². The lowest BCUT2D eigenvalue weighted by Gasteiger charge is -2.27. The Labute approximate surface area is 259 Å². The van der Waals surface area contributed by atoms with Crippen molar-refractivity contribution in [2.45, 2.75) is 49.1 Å². The minimum atomic E-state index is -4.37. The summed E-state index contributed by atoms with van der Waals surface area (Å²) in [5.41, 5.74) is 3.83. The van der Waals surface area contributed by atoms with E-state index in [2.05, 4.69) is 47.5 Å². The Bertz CT molecular complexity index is 1930. The number of nitrogen functional groups attached to an aromatic ring is 1. The van der Waals surface area contributed by atoms with Gasteiger partial charge in [-0.15, -0.1) is 9.62 Å². The van der Waals surface area contributed by atoms with Crippen molar-refractivity contribution in [2.75, 3.05) is 18.9 Å². The molecule has 45 heavy (non-hydrogen) atoms. The summed E-state index contributed by atoms with van der Waals surface area (Å²) in [4.78, 5) is 51.8. The highest BCUT2D eigenvalue weighted by atomic mass is 32.7. The zero-order valence-corrected chi connectivity index (χ0v) is 25.6. The van der Waals surface area contributed by atoms with E-state index >= 15 is 4.39 Å². The summed E-state index contributed by atoms with van der Waals surface area (Å²) in [6.07, 6.45) is -10.2. The van der Waals surface area contributed by atoms with Crippen LogP contribution in [0.1, 0.15) is 12.5 Å². The number of halogens is 1. The molecule has 7 N–H and O–H groups in total. The maximum absolute atomic E-state index is 15.6. The molecule has 0 radical (unpaired) electrons. The summed E-state index contributed by atoms with van der Waals surface area (Å²) < 4.78 is 57.0. The van der Waals surface area contributed by atoms with Crippen LogP contribution in [0.5, 0.6) is 0 Å². The second-order valence-electron chi connectivity index (χ2n) is 9.60. The van der Waals surface area contributed by atoms with Crippen LogP contribution in [-0.2, 0) is 39.4 Å². The molecule has 0 aliphatic carbocycles. The number of hydrogen-bond donors (Lipinski definition) is 7. The van der Waals surface area contributed by atoms with Gasteiger partial charge in [0.2, 0.25) is 5.95 Å². The molecule has 2 aliphatic heterocycles. The van der Waals surface area contributed by atoms with Crippen molar-refractivity contribution in [1.82, 2.24) is 44.5 Å². The lowest BCUT2D eigenvalue weighted by Crippen LogP contribution is -2.36. The van der Waals surface area contributed by atoms with Crippen LogP contribution in [0.3, 0.4) is 0 Å². The van der Waals surface area contributed by atoms with E-state index in [0.29, 0.717) is 0 Å². The van der Waals surface area contributed by atoms with Crippen molar-refractivity contribution < 1.29 is 47.1 Å². The average Bonchev–Trinajstić information content (AvgIpc) is 3.73. The predicted molar refractivity (Wildman–Crippen MR) is 153 cm³/mol. The number of aliphatic hydroxyl groups is 2. The van der Waals surface area contributed by atoms with E-state index in [1.54, 1.807) is 0 Å². The summed E-state index contributed by atoms with van der Waals surface area (Å²) in [7, 11) is -2.67. The van der Waals surface area contributed by atoms with Gasteiger partial charge in [0.05, 0.1) is 25.9 Å². The Morgan fingerprint density at radius 1 is 1.18 bits per heavy atom. The van der Waals surface area contributed by atoms with E-state index in [-0.39, 0.29) is 28.3 Å². The maximum Gasteiger partial charge on any atom is 0.582 e. The zero-order chi connectivity index (χ0) is 32.2. The van der Waals surface area contributed by atoms with Crippen LogP contribution in [0.4, 0.5) is 10.3 Å². The molecule has 242 valence electrons. The van der Waals surface area contributed by atoms with Gasteiger partial charge in [-0.25, -0.2) is 14.4 Å². The normalized spacial score (nSPS) is 30.3. The standard InChI is InChI=1S/C19H21FN10O11P2S2/c20-7-11(40-42(35)44)6(39-17(7)30-13-9(27-28-30)15(33)23-3-22-13)2-37-43(36,45)41-12-10(32)5(1-31)38-18(12)29-4-24-8-14(29)25-19(21)26-16(8)34/h3-7,10-12,17-18,31-32H,1-2H2,(H5-,21,22,23,25,26,28,33,34,35,36,44,45)/p+1/t5-,6-,7+,10-,11-,12-,17-,18-,43?/m1/s1. The minimum Gasteiger partial charge on any atom is -0.394 e. The molecule has 2 fully saturated rings. The van der Waals surface area contributed by atoms with E-state index in [1.165, 1.54) is 4.57 Å². The number of nitrogens with zero attached hydrogens (tertiary/aromatic N) is 7. The monoisotopic (exact) mass is 711 g/mol. The number of H-pyrrole nitrogens is 2. The number of aromatic nitrogens is 9. The predicted octanol–water partition coefficient (Wildman–Crippen LogP) is -1.69. The summed E-state index contributed by atoms with van der Waals surface area (Å²) in [5, 5.41) is 28.0. The molecule has 6 rings (SSSR count). The SMILES string of the molecule is Nc1nc2c(ncn2[C@@H]2O[C@H](CO)[C@@H](O)[C@H]2OP(O)(=S)OC[C@H]2O[C@@H](n3nnc4c(=O)[nH]cnc43)[C@@H](F)[C@@H]2O[P+](=O)S)c(=O)[nH]1. The third kappa shape index (κ3) is 6.04. The molecule has 26 heteroatoms.